The first-order valence-electron chi connectivity index (χ1n) is 48.1. The molecule has 1 aromatic carbocycles. The van der Waals surface area contributed by atoms with Crippen LogP contribution in [0.4, 0.5) is 0 Å². The van der Waals surface area contributed by atoms with Crippen molar-refractivity contribution in [2.75, 3.05) is 0 Å². The number of thiophene rings is 1. The van der Waals surface area contributed by atoms with E-state index in [4.69, 9.17) is 0 Å². The lowest BCUT2D eigenvalue weighted by Gasteiger charge is -2.56. The summed E-state index contributed by atoms with van der Waals surface area (Å²) in [7, 11) is 2.05. The number of allylic oxidation sites excluding steroid dienone is 1. The lowest BCUT2D eigenvalue weighted by Crippen LogP contribution is -2.51. The molecule has 20 rings (SSSR count). The Bertz CT molecular complexity index is 4180. The smallest absolute Gasteiger partial charge is 0.142 e. The van der Waals surface area contributed by atoms with E-state index in [9.17, 15) is 39.6 Å². The molecule has 0 unspecified atom stereocenters. The number of ketones is 4. The minimum Gasteiger partial charge on any atom is -0.390 e. The maximum Gasteiger partial charge on any atom is 0.142 e. The minimum absolute atomic E-state index is 0.190. The quantitative estimate of drug-likeness (QED) is 0.101. The zero-order valence-corrected chi connectivity index (χ0v) is 74.1. The molecule has 11 heteroatoms. The van der Waals surface area contributed by atoms with Crippen molar-refractivity contribution in [2.45, 2.75) is 335 Å². The number of fused-ring (bicyclic) bond motifs is 20. The van der Waals surface area contributed by atoms with E-state index in [1.54, 1.807) is 16.9 Å². The molecule has 3 heterocycles. The number of aliphatic hydroxyl groups is 4. The molecule has 16 aliphatic carbocycles. The van der Waals surface area contributed by atoms with Crippen LogP contribution in [0.2, 0.25) is 0 Å². The fourth-order valence-corrected chi connectivity index (χ4v) is 34.2. The van der Waals surface area contributed by atoms with E-state index in [0.29, 0.717) is 60.7 Å². The monoisotopic (exact) mass is 1600 g/mol. The molecule has 0 spiro atoms. The van der Waals surface area contributed by atoms with Crippen molar-refractivity contribution in [3.05, 3.63) is 124 Å². The molecule has 4 N–H and O–H groups in total. The highest BCUT2D eigenvalue weighted by molar-refractivity contribution is 7.10. The largest absolute Gasteiger partial charge is 0.390 e. The topological polar surface area (TPSA) is 167 Å². The van der Waals surface area contributed by atoms with Gasteiger partial charge in [0.15, 0.2) is 0 Å². The van der Waals surface area contributed by atoms with Gasteiger partial charge in [-0.3, -0.25) is 24.2 Å². The Morgan fingerprint density at radius 3 is 1.28 bits per heavy atom. The Balaban J connectivity index is 0.000000111. The SMILES string of the molecule is C[C@@]1(O)CC[C@H]2C(=CC[C@@H]3[C@@H]2CC[C@]2(C)[C@@H](C(=O)Cc4ccccc4)CC[C@@H]32)C1.C[C@@]1(O)CC[C@H]2[C@H](CC[C@@H]3[C@@H]2CC[C@]2(C)[C@@H](C(=O)Cc4cccs4)CC[C@@H]32)C1.Cc1cccc(CC(=O)[C@H]2CC[C@H]3[C@@H]4CC[C@@H]5C[C@](C)(O)CC[C@@H]5[C@H]4CC[C@]23C)n1.Cn1cccc1CC(=O)[C@H]1CC[C@H]2[C@@H]3CC[C@@H]4C[C@](C)(O)CC[C@@H]4[C@H]3CC[C@]12C. The molecular formula is C105H150N2O8S. The number of nitrogens with zero attached hydrogens (tertiary/aromatic N) is 2. The third-order valence-electron chi connectivity index (χ3n) is 38.8. The highest BCUT2D eigenvalue weighted by Gasteiger charge is 2.64. The Morgan fingerprint density at radius 1 is 0.397 bits per heavy atom. The van der Waals surface area contributed by atoms with Gasteiger partial charge in [0.1, 0.15) is 23.1 Å². The van der Waals surface area contributed by atoms with Gasteiger partial charge >= 0.3 is 0 Å². The molecule has 15 fully saturated rings. The number of rotatable bonds is 12. The second-order valence-corrected chi connectivity index (χ2v) is 46.5. The van der Waals surface area contributed by atoms with Crippen LogP contribution in [0.1, 0.15) is 308 Å². The van der Waals surface area contributed by atoms with Gasteiger partial charge in [-0.25, -0.2) is 0 Å². The standard InChI is InChI=1S/C27H39NO2.C27H36O2.C26H39NO2.C25H36O2S/c1-17-5-4-6-19(28-17)15-25(29)24-10-9-23-22-8-7-18-16-26(2,30)13-11-20(18)21(22)12-14-27(23,24)3;1-26(29)14-12-20-19(17-26)8-9-22-21(20)13-15-27(2)23(22)10-11-24(27)25(28)16-18-6-4-3-5-7-18;1-25(29)12-10-19-17(16-25)6-7-21-20(19)11-13-26(2)22(21)8-9-23(26)24(28)15-18-5-4-14-27(18)3;1-24(27)11-9-18-16(15-24)5-6-20-19(18)10-12-25(2)21(20)7-8-22(25)23(26)14-17-4-3-13-28-17/h4-6,18,20-24,30H,7-16H2,1-3H3;3-8,20-24,29H,9-17H2,1-2H3;4-5,14,17,19-23,29H,6-13,15-16H2,1-3H3;3-4,13,16,18-22,27H,5-12,14-15H2,1-2H3/t18-,20+,21-,22-,23+,24-,26-,27+;20-,21+,22+,23-,24+,26+,27-;17-,19+,20-,21-,22+,23-,25-,26+;16-,18+,19-,20-,21+,22-,24-,25+/m1011/s1. The summed E-state index contributed by atoms with van der Waals surface area (Å²) in [5.74, 6) is 17.8. The van der Waals surface area contributed by atoms with Crippen LogP contribution in [-0.2, 0) is 51.9 Å². The first-order chi connectivity index (χ1) is 55.3. The molecule has 0 amide bonds. The van der Waals surface area contributed by atoms with Crippen molar-refractivity contribution in [3.63, 3.8) is 0 Å². The van der Waals surface area contributed by atoms with Gasteiger partial charge in [0, 0.05) is 84.6 Å². The van der Waals surface area contributed by atoms with E-state index < -0.39 is 22.4 Å². The lowest BCUT2D eigenvalue weighted by molar-refractivity contribution is -0.132. The van der Waals surface area contributed by atoms with E-state index in [0.717, 1.165) is 207 Å². The highest BCUT2D eigenvalue weighted by Crippen LogP contribution is 2.70. The zero-order chi connectivity index (χ0) is 81.2. The molecular weight excluding hydrogens is 1450 g/mol. The van der Waals surface area contributed by atoms with Crippen molar-refractivity contribution >= 4 is 34.5 Å². The summed E-state index contributed by atoms with van der Waals surface area (Å²) in [5.41, 5.74) is 4.85. The van der Waals surface area contributed by atoms with Crippen molar-refractivity contribution in [1.82, 2.24) is 9.55 Å². The number of Topliss-reactive ketones (excluding diaryl/α,β-unsaturated/α-hetero) is 4. The summed E-state index contributed by atoms with van der Waals surface area (Å²) >= 11 is 1.73. The van der Waals surface area contributed by atoms with Gasteiger partial charge in [0.25, 0.3) is 0 Å². The molecule has 634 valence electrons. The molecule has 116 heavy (non-hydrogen) atoms. The van der Waals surface area contributed by atoms with Crippen molar-refractivity contribution < 1.29 is 39.6 Å². The summed E-state index contributed by atoms with van der Waals surface area (Å²) in [6.07, 6.45) is 48.1. The van der Waals surface area contributed by atoms with Crippen LogP contribution >= 0.6 is 11.3 Å². The lowest BCUT2D eigenvalue weighted by atomic mass is 9.49. The fourth-order valence-electron chi connectivity index (χ4n) is 33.4. The number of carbonyl (C=O) groups excluding carboxylic acids is 4. The highest BCUT2D eigenvalue weighted by atomic mass is 32.1. The first kappa shape index (κ1) is 83.9. The van der Waals surface area contributed by atoms with Crippen molar-refractivity contribution in [2.24, 2.45) is 165 Å². The summed E-state index contributed by atoms with van der Waals surface area (Å²) in [6.45, 7) is 20.0. The molecule has 0 bridgehead atoms. The fraction of sp³-hybridized carbons (Fsp3) is 0.762. The maximum atomic E-state index is 13.4. The first-order valence-corrected chi connectivity index (χ1v) is 49.0. The molecule has 0 aliphatic heterocycles. The summed E-state index contributed by atoms with van der Waals surface area (Å²) in [5, 5.41) is 44.4. The summed E-state index contributed by atoms with van der Waals surface area (Å²) in [4.78, 5) is 59.1. The van der Waals surface area contributed by atoms with Crippen LogP contribution in [-0.4, -0.2) is 75.5 Å². The van der Waals surface area contributed by atoms with Crippen LogP contribution < -0.4 is 0 Å². The van der Waals surface area contributed by atoms with Gasteiger partial charge in [0.05, 0.1) is 22.4 Å². The van der Waals surface area contributed by atoms with Crippen LogP contribution in [0.15, 0.2) is 96.0 Å². The number of hydrogen-bond acceptors (Lipinski definition) is 10. The third-order valence-corrected chi connectivity index (χ3v) is 39.7. The number of benzene rings is 1. The van der Waals surface area contributed by atoms with E-state index in [1.165, 1.54) is 146 Å². The predicted octanol–water partition coefficient (Wildman–Crippen LogP) is 22.3. The minimum atomic E-state index is -0.499. The van der Waals surface area contributed by atoms with Gasteiger partial charge in [-0.1, -0.05) is 81.8 Å². The van der Waals surface area contributed by atoms with Crippen LogP contribution in [0, 0.1) is 165 Å². The van der Waals surface area contributed by atoms with Crippen LogP contribution in [0.5, 0.6) is 0 Å². The molecule has 16 aliphatic rings. The molecule has 4 aromatic rings. The second-order valence-electron chi connectivity index (χ2n) is 45.5. The van der Waals surface area contributed by atoms with Gasteiger partial charge in [-0.05, 0) is 435 Å². The van der Waals surface area contributed by atoms with Crippen molar-refractivity contribution in [3.8, 4) is 0 Å². The number of carbonyl (C=O) groups is 4. The molecule has 3 aromatic heterocycles. The molecule has 0 saturated heterocycles. The molecule has 10 nitrogen and oxygen atoms in total. The maximum absolute atomic E-state index is 13.4. The normalized spacial score (nSPS) is 45.8. The predicted molar refractivity (Wildman–Crippen MR) is 465 cm³/mol. The Kier molecular flexibility index (Phi) is 23.6. The average molecular weight is 1600 g/mol. The van der Waals surface area contributed by atoms with E-state index in [2.05, 4.69) is 79.0 Å². The van der Waals surface area contributed by atoms with Crippen molar-refractivity contribution in [1.29, 1.82) is 0 Å². The molecule has 15 saturated carbocycles. The second kappa shape index (κ2) is 32.7. The zero-order valence-electron chi connectivity index (χ0n) is 73.2. The van der Waals surface area contributed by atoms with E-state index in [1.807, 2.05) is 90.3 Å². The van der Waals surface area contributed by atoms with Crippen LogP contribution in [0.3, 0.4) is 0 Å². The molecule has 0 radical (unpaired) electrons. The van der Waals surface area contributed by atoms with Crippen LogP contribution in [0.25, 0.3) is 0 Å². The van der Waals surface area contributed by atoms with Gasteiger partial charge < -0.3 is 25.0 Å². The van der Waals surface area contributed by atoms with E-state index >= 15 is 0 Å². The Labute approximate surface area is 702 Å². The number of hydrogen-bond donors (Lipinski definition) is 4. The number of aryl methyl sites for hydroxylation is 2. The Hall–Kier alpha value is -4.39. The third kappa shape index (κ3) is 16.2. The average Bonchev–Trinajstić information content (AvgIpc) is 1.51. The number of pyridine rings is 1. The number of aromatic nitrogens is 2. The van der Waals surface area contributed by atoms with E-state index in [-0.39, 0.29) is 45.3 Å². The van der Waals surface area contributed by atoms with Gasteiger partial charge in [-0.15, -0.1) is 11.3 Å². The Morgan fingerprint density at radius 2 is 0.828 bits per heavy atom. The van der Waals surface area contributed by atoms with Gasteiger partial charge in [0.2, 0.25) is 0 Å². The molecule has 31 atom stereocenters. The van der Waals surface area contributed by atoms with Gasteiger partial charge in [-0.2, -0.15) is 0 Å². The summed E-state index contributed by atoms with van der Waals surface area (Å²) < 4.78 is 2.10. The summed E-state index contributed by atoms with van der Waals surface area (Å²) in [6, 6.07) is 24.7.